The molecule has 3 aromatic rings. The molecule has 1 aliphatic rings. The number of carbonyl (C=O) groups is 2. The van der Waals surface area contributed by atoms with Crippen LogP contribution in [-0.2, 0) is 17.6 Å². The van der Waals surface area contributed by atoms with Crippen molar-refractivity contribution in [3.8, 4) is 0 Å². The van der Waals surface area contributed by atoms with Crippen molar-refractivity contribution in [2.24, 2.45) is 5.92 Å². The molecule has 2 N–H and O–H groups in total. The van der Waals surface area contributed by atoms with E-state index in [1.54, 1.807) is 0 Å². The van der Waals surface area contributed by atoms with Crippen LogP contribution in [0.4, 0.5) is 0 Å². The molecule has 0 spiro atoms. The van der Waals surface area contributed by atoms with E-state index in [2.05, 4.69) is 35.2 Å². The molecule has 1 unspecified atom stereocenters. The van der Waals surface area contributed by atoms with Crippen LogP contribution in [0.25, 0.3) is 11.0 Å². The molecule has 1 amide bonds. The lowest BCUT2D eigenvalue weighted by Crippen LogP contribution is -2.32. The molecule has 1 heterocycles. The highest BCUT2D eigenvalue weighted by Crippen LogP contribution is 2.24. The molecule has 1 atom stereocenters. The molecule has 0 radical (unpaired) electrons. The Morgan fingerprint density at radius 1 is 1.03 bits per heavy atom. The molecule has 1 aliphatic carbocycles. The SMILES string of the molecule is CC(C)C(NC(=O)CCC(=O)c1ccc2c(c1)CCCC2)c1nc2ccccc2[nH]1. The first kappa shape index (κ1) is 20.3. The standard InChI is InChI=1S/C25H29N3O2/c1-16(2)24(25-26-20-9-5-6-10-21(20)27-25)28-23(30)14-13-22(29)19-12-11-17-7-3-4-8-18(17)15-19/h5-6,9-12,15-16,24H,3-4,7-8,13-14H2,1-2H3,(H,26,27)(H,28,30). The minimum Gasteiger partial charge on any atom is -0.346 e. The lowest BCUT2D eigenvalue weighted by Gasteiger charge is -2.20. The molecule has 1 aromatic heterocycles. The quantitative estimate of drug-likeness (QED) is 0.550. The fourth-order valence-electron chi connectivity index (χ4n) is 4.19. The largest absolute Gasteiger partial charge is 0.346 e. The van der Waals surface area contributed by atoms with Crippen molar-refractivity contribution >= 4 is 22.7 Å². The molecule has 0 aliphatic heterocycles. The number of carbonyl (C=O) groups excluding carboxylic acids is 2. The summed E-state index contributed by atoms with van der Waals surface area (Å²) >= 11 is 0. The van der Waals surface area contributed by atoms with Crippen LogP contribution in [0.3, 0.4) is 0 Å². The summed E-state index contributed by atoms with van der Waals surface area (Å²) in [6.45, 7) is 4.10. The number of aryl methyl sites for hydroxylation is 2. The van der Waals surface area contributed by atoms with Crippen LogP contribution in [-0.4, -0.2) is 21.7 Å². The van der Waals surface area contributed by atoms with Crippen molar-refractivity contribution in [3.05, 3.63) is 65.0 Å². The predicted molar refractivity (Wildman–Crippen MR) is 118 cm³/mol. The van der Waals surface area contributed by atoms with Gasteiger partial charge in [-0.1, -0.05) is 38.1 Å². The summed E-state index contributed by atoms with van der Waals surface area (Å²) in [6.07, 6.45) is 4.96. The Morgan fingerprint density at radius 3 is 2.57 bits per heavy atom. The number of benzene rings is 2. The van der Waals surface area contributed by atoms with Gasteiger partial charge in [-0.3, -0.25) is 9.59 Å². The maximum Gasteiger partial charge on any atom is 0.221 e. The summed E-state index contributed by atoms with van der Waals surface area (Å²) in [6, 6.07) is 13.6. The first-order chi connectivity index (χ1) is 14.5. The number of aromatic nitrogens is 2. The van der Waals surface area contributed by atoms with Gasteiger partial charge in [-0.15, -0.1) is 0 Å². The van der Waals surface area contributed by atoms with E-state index in [0.717, 1.165) is 35.3 Å². The number of nitrogens with one attached hydrogen (secondary N) is 2. The van der Waals surface area contributed by atoms with Gasteiger partial charge in [0, 0.05) is 18.4 Å². The molecule has 30 heavy (non-hydrogen) atoms. The van der Waals surface area contributed by atoms with Gasteiger partial charge in [0.1, 0.15) is 5.82 Å². The summed E-state index contributed by atoms with van der Waals surface area (Å²) in [5, 5.41) is 3.07. The second-order valence-corrected chi connectivity index (χ2v) is 8.54. The fourth-order valence-corrected chi connectivity index (χ4v) is 4.19. The van der Waals surface area contributed by atoms with Gasteiger partial charge in [0.25, 0.3) is 0 Å². The van der Waals surface area contributed by atoms with E-state index in [1.165, 1.54) is 24.0 Å². The summed E-state index contributed by atoms with van der Waals surface area (Å²) in [7, 11) is 0. The molecule has 2 aromatic carbocycles. The van der Waals surface area contributed by atoms with E-state index in [-0.39, 0.29) is 36.5 Å². The van der Waals surface area contributed by atoms with Crippen molar-refractivity contribution in [3.63, 3.8) is 0 Å². The molecule has 0 bridgehead atoms. The van der Waals surface area contributed by atoms with Crippen molar-refractivity contribution in [2.75, 3.05) is 0 Å². The van der Waals surface area contributed by atoms with Gasteiger partial charge in [0.05, 0.1) is 17.1 Å². The minimum absolute atomic E-state index is 0.0309. The van der Waals surface area contributed by atoms with Gasteiger partial charge in [0.2, 0.25) is 5.91 Å². The molecular formula is C25H29N3O2. The van der Waals surface area contributed by atoms with Gasteiger partial charge in [0.15, 0.2) is 5.78 Å². The second kappa shape index (κ2) is 8.82. The van der Waals surface area contributed by atoms with Crippen LogP contribution >= 0.6 is 0 Å². The highest BCUT2D eigenvalue weighted by Gasteiger charge is 2.22. The minimum atomic E-state index is -0.219. The number of rotatable bonds is 7. The maximum absolute atomic E-state index is 12.6. The molecule has 5 nitrogen and oxygen atoms in total. The molecular weight excluding hydrogens is 374 g/mol. The highest BCUT2D eigenvalue weighted by molar-refractivity contribution is 5.98. The highest BCUT2D eigenvalue weighted by atomic mass is 16.2. The smallest absolute Gasteiger partial charge is 0.221 e. The molecule has 0 fully saturated rings. The van der Waals surface area contributed by atoms with Crippen molar-refractivity contribution in [1.29, 1.82) is 0 Å². The van der Waals surface area contributed by atoms with Gasteiger partial charge in [-0.2, -0.15) is 0 Å². The van der Waals surface area contributed by atoms with Crippen LogP contribution in [0.1, 0.15) is 72.9 Å². The zero-order valence-corrected chi connectivity index (χ0v) is 17.7. The average Bonchev–Trinajstić information content (AvgIpc) is 3.19. The summed E-state index contributed by atoms with van der Waals surface area (Å²) in [4.78, 5) is 33.2. The topological polar surface area (TPSA) is 74.8 Å². The number of aromatic amines is 1. The van der Waals surface area contributed by atoms with E-state index in [9.17, 15) is 9.59 Å². The molecule has 4 rings (SSSR count). The normalized spacial score (nSPS) is 14.5. The number of hydrogen-bond donors (Lipinski definition) is 2. The van der Waals surface area contributed by atoms with Gasteiger partial charge in [-0.25, -0.2) is 4.98 Å². The van der Waals surface area contributed by atoms with Crippen molar-refractivity contribution in [2.45, 2.75) is 58.4 Å². The monoisotopic (exact) mass is 403 g/mol. The Bertz CT molecular complexity index is 1030. The number of amides is 1. The van der Waals surface area contributed by atoms with E-state index < -0.39 is 0 Å². The zero-order chi connectivity index (χ0) is 21.1. The Morgan fingerprint density at radius 2 is 1.80 bits per heavy atom. The lowest BCUT2D eigenvalue weighted by molar-refractivity contribution is -0.122. The van der Waals surface area contributed by atoms with E-state index in [1.807, 2.05) is 36.4 Å². The van der Waals surface area contributed by atoms with Gasteiger partial charge >= 0.3 is 0 Å². The number of imidazole rings is 1. The third-order valence-electron chi connectivity index (χ3n) is 5.94. The van der Waals surface area contributed by atoms with E-state index >= 15 is 0 Å². The first-order valence-electron chi connectivity index (χ1n) is 10.9. The average molecular weight is 404 g/mol. The number of nitrogens with zero attached hydrogens (tertiary/aromatic N) is 1. The number of para-hydroxylation sites is 2. The third-order valence-corrected chi connectivity index (χ3v) is 5.94. The molecule has 156 valence electrons. The summed E-state index contributed by atoms with van der Waals surface area (Å²) < 4.78 is 0. The maximum atomic E-state index is 12.6. The fraction of sp³-hybridized carbons (Fsp3) is 0.400. The van der Waals surface area contributed by atoms with Crippen LogP contribution in [0.5, 0.6) is 0 Å². The van der Waals surface area contributed by atoms with Crippen LogP contribution in [0.15, 0.2) is 42.5 Å². The predicted octanol–water partition coefficient (Wildman–Crippen LogP) is 4.92. The number of Topliss-reactive ketones (excluding diaryl/α,β-unsaturated/α-hetero) is 1. The Balaban J connectivity index is 1.38. The van der Waals surface area contributed by atoms with Gasteiger partial charge in [-0.05, 0) is 60.9 Å². The number of H-pyrrole nitrogens is 1. The van der Waals surface area contributed by atoms with Crippen molar-refractivity contribution in [1.82, 2.24) is 15.3 Å². The zero-order valence-electron chi connectivity index (χ0n) is 17.7. The molecule has 0 saturated carbocycles. The molecule has 0 saturated heterocycles. The number of ketones is 1. The summed E-state index contributed by atoms with van der Waals surface area (Å²) in [5.74, 6) is 0.829. The van der Waals surface area contributed by atoms with Gasteiger partial charge < -0.3 is 10.3 Å². The number of hydrogen-bond acceptors (Lipinski definition) is 3. The Hall–Kier alpha value is -2.95. The Labute approximate surface area is 177 Å². The molecule has 5 heteroatoms. The van der Waals surface area contributed by atoms with E-state index in [0.29, 0.717) is 0 Å². The van der Waals surface area contributed by atoms with Crippen LogP contribution in [0.2, 0.25) is 0 Å². The third kappa shape index (κ3) is 4.45. The first-order valence-corrected chi connectivity index (χ1v) is 10.9. The second-order valence-electron chi connectivity index (χ2n) is 8.54. The van der Waals surface area contributed by atoms with Crippen LogP contribution < -0.4 is 5.32 Å². The Kier molecular flexibility index (Phi) is 5.98. The van der Waals surface area contributed by atoms with E-state index in [4.69, 9.17) is 0 Å². The van der Waals surface area contributed by atoms with Crippen molar-refractivity contribution < 1.29 is 9.59 Å². The summed E-state index contributed by atoms with van der Waals surface area (Å²) in [5.41, 5.74) is 5.22. The lowest BCUT2D eigenvalue weighted by atomic mass is 9.89. The van der Waals surface area contributed by atoms with Crippen LogP contribution in [0, 0.1) is 5.92 Å². The number of fused-ring (bicyclic) bond motifs is 2.